The number of rotatable bonds is 3. The number of nitrogens with one attached hydrogen (secondary N) is 2. The number of carbonyl (C=O) groups is 1. The van der Waals surface area contributed by atoms with Gasteiger partial charge in [-0.3, -0.25) is 20.6 Å². The van der Waals surface area contributed by atoms with Gasteiger partial charge < -0.3 is 0 Å². The molecule has 3 aromatic rings. The molecule has 2 aromatic heterocycles. The number of hydrogen-bond donors (Lipinski definition) is 2. The van der Waals surface area contributed by atoms with Crippen LogP contribution in [0.5, 0.6) is 0 Å². The molecule has 3 rings (SSSR count). The number of hydrazine groups is 1. The molecule has 2 heterocycles. The number of nitrogens with zero attached hydrogens (tertiary/aromatic N) is 3. The number of amides is 1. The van der Waals surface area contributed by atoms with E-state index in [2.05, 4.69) is 25.8 Å². The smallest absolute Gasteiger partial charge is 0.282 e. The summed E-state index contributed by atoms with van der Waals surface area (Å²) in [7, 11) is 0. The van der Waals surface area contributed by atoms with Crippen molar-refractivity contribution < 1.29 is 4.79 Å². The van der Waals surface area contributed by atoms with Crippen molar-refractivity contribution in [1.29, 1.82) is 0 Å². The molecule has 22 heavy (non-hydrogen) atoms. The minimum atomic E-state index is -0.358. The Balaban J connectivity index is 1.78. The molecule has 0 atom stereocenters. The molecule has 0 aliphatic heterocycles. The quantitative estimate of drug-likeness (QED) is 0.725. The summed E-state index contributed by atoms with van der Waals surface area (Å²) < 4.78 is 0. The Bertz CT molecular complexity index is 847. The van der Waals surface area contributed by atoms with Crippen molar-refractivity contribution in [2.45, 2.75) is 13.8 Å². The monoisotopic (exact) mass is 293 g/mol. The number of benzene rings is 1. The van der Waals surface area contributed by atoms with Crippen molar-refractivity contribution in [3.8, 4) is 0 Å². The van der Waals surface area contributed by atoms with Crippen molar-refractivity contribution in [1.82, 2.24) is 20.4 Å². The van der Waals surface area contributed by atoms with Gasteiger partial charge in [0.1, 0.15) is 11.5 Å². The normalized spacial score (nSPS) is 10.5. The maximum Gasteiger partial charge on any atom is 0.289 e. The molecule has 0 unspecified atom stereocenters. The number of fused-ring (bicyclic) bond motifs is 1. The number of anilines is 1. The third-order valence-electron chi connectivity index (χ3n) is 3.21. The minimum Gasteiger partial charge on any atom is -0.282 e. The second kappa shape index (κ2) is 5.77. The predicted octanol–water partition coefficient (Wildman–Crippen LogP) is 2.40. The molecule has 110 valence electrons. The first-order chi connectivity index (χ1) is 10.6. The molecule has 2 N–H and O–H groups in total. The highest BCUT2D eigenvalue weighted by Gasteiger charge is 2.08. The zero-order valence-corrected chi connectivity index (χ0v) is 12.3. The summed E-state index contributed by atoms with van der Waals surface area (Å²) >= 11 is 0. The molecule has 1 amide bonds. The Morgan fingerprint density at radius 3 is 2.73 bits per heavy atom. The van der Waals surface area contributed by atoms with E-state index < -0.39 is 0 Å². The highest BCUT2D eigenvalue weighted by Crippen LogP contribution is 2.19. The lowest BCUT2D eigenvalue weighted by Crippen LogP contribution is -2.30. The largest absolute Gasteiger partial charge is 0.289 e. The number of pyridine rings is 1. The van der Waals surface area contributed by atoms with Gasteiger partial charge in [-0.2, -0.15) is 0 Å². The second-order valence-corrected chi connectivity index (χ2v) is 4.97. The van der Waals surface area contributed by atoms with E-state index in [1.54, 1.807) is 13.1 Å². The summed E-state index contributed by atoms with van der Waals surface area (Å²) in [6.45, 7) is 3.79. The number of para-hydroxylation sites is 1. The summed E-state index contributed by atoms with van der Waals surface area (Å²) in [6, 6.07) is 9.73. The first-order valence-corrected chi connectivity index (χ1v) is 6.85. The molecule has 0 fully saturated rings. The molecule has 0 saturated carbocycles. The van der Waals surface area contributed by atoms with Gasteiger partial charge in [-0.25, -0.2) is 9.97 Å². The number of carbonyl (C=O) groups excluding carboxylic acids is 1. The van der Waals surface area contributed by atoms with Crippen molar-refractivity contribution in [2.75, 3.05) is 5.43 Å². The van der Waals surface area contributed by atoms with E-state index in [-0.39, 0.29) is 11.6 Å². The van der Waals surface area contributed by atoms with Gasteiger partial charge in [-0.15, -0.1) is 0 Å². The van der Waals surface area contributed by atoms with E-state index in [1.165, 1.54) is 6.20 Å². The van der Waals surface area contributed by atoms with Gasteiger partial charge in [0.15, 0.2) is 0 Å². The molecule has 0 aliphatic rings. The maximum absolute atomic E-state index is 12.0. The van der Waals surface area contributed by atoms with Crippen LogP contribution >= 0.6 is 0 Å². The summed E-state index contributed by atoms with van der Waals surface area (Å²) in [5.41, 5.74) is 8.29. The predicted molar refractivity (Wildman–Crippen MR) is 84.3 cm³/mol. The average Bonchev–Trinajstić information content (AvgIpc) is 2.53. The Hall–Kier alpha value is -3.02. The lowest BCUT2D eigenvalue weighted by atomic mass is 10.1. The van der Waals surface area contributed by atoms with E-state index in [1.807, 2.05) is 37.3 Å². The standard InChI is InChI=1S/C16H15N5O/c1-10-7-15(19-13-6-4-3-5-12(10)13)20-21-16(22)14-9-17-8-11(2)18-14/h3-9H,1-2H3,(H,19,20)(H,21,22). The Morgan fingerprint density at radius 1 is 1.09 bits per heavy atom. The molecule has 0 spiro atoms. The fourth-order valence-electron chi connectivity index (χ4n) is 2.17. The van der Waals surface area contributed by atoms with Crippen LogP contribution in [0.3, 0.4) is 0 Å². The van der Waals surface area contributed by atoms with Crippen LogP contribution in [0, 0.1) is 13.8 Å². The molecule has 0 bridgehead atoms. The molecule has 6 heteroatoms. The van der Waals surface area contributed by atoms with E-state index in [4.69, 9.17) is 0 Å². The number of aryl methyl sites for hydroxylation is 2. The lowest BCUT2D eigenvalue weighted by molar-refractivity contribution is 0.0957. The molecule has 1 aromatic carbocycles. The topological polar surface area (TPSA) is 79.8 Å². The fourth-order valence-corrected chi connectivity index (χ4v) is 2.17. The van der Waals surface area contributed by atoms with E-state index >= 15 is 0 Å². The van der Waals surface area contributed by atoms with Crippen LogP contribution in [0.1, 0.15) is 21.7 Å². The zero-order valence-electron chi connectivity index (χ0n) is 12.3. The second-order valence-electron chi connectivity index (χ2n) is 4.97. The molecular formula is C16H15N5O. The summed E-state index contributed by atoms with van der Waals surface area (Å²) in [5, 5.41) is 1.09. The van der Waals surface area contributed by atoms with Gasteiger partial charge in [-0.1, -0.05) is 18.2 Å². The minimum absolute atomic E-state index is 0.255. The summed E-state index contributed by atoms with van der Waals surface area (Å²) in [5.74, 6) is 0.217. The Morgan fingerprint density at radius 2 is 1.91 bits per heavy atom. The molecule has 0 aliphatic carbocycles. The van der Waals surface area contributed by atoms with Crippen LogP contribution in [0.2, 0.25) is 0 Å². The van der Waals surface area contributed by atoms with E-state index in [0.717, 1.165) is 16.5 Å². The van der Waals surface area contributed by atoms with Gasteiger partial charge in [0.2, 0.25) is 0 Å². The van der Waals surface area contributed by atoms with Crippen molar-refractivity contribution in [2.24, 2.45) is 0 Å². The first kappa shape index (κ1) is 13.9. The van der Waals surface area contributed by atoms with Crippen LogP contribution < -0.4 is 10.9 Å². The first-order valence-electron chi connectivity index (χ1n) is 6.85. The van der Waals surface area contributed by atoms with Gasteiger partial charge >= 0.3 is 0 Å². The van der Waals surface area contributed by atoms with Crippen LogP contribution in [0.4, 0.5) is 5.82 Å². The summed E-state index contributed by atoms with van der Waals surface area (Å²) in [6.07, 6.45) is 3.02. The van der Waals surface area contributed by atoms with Gasteiger partial charge in [0.25, 0.3) is 5.91 Å². The van der Waals surface area contributed by atoms with Crippen LogP contribution in [-0.2, 0) is 0 Å². The van der Waals surface area contributed by atoms with Crippen molar-refractivity contribution >= 4 is 22.6 Å². The lowest BCUT2D eigenvalue weighted by Gasteiger charge is -2.10. The fraction of sp³-hybridized carbons (Fsp3) is 0.125. The zero-order chi connectivity index (χ0) is 15.5. The SMILES string of the molecule is Cc1cncc(C(=O)NNc2cc(C)c3ccccc3n2)n1. The van der Waals surface area contributed by atoms with Crippen molar-refractivity contribution in [3.63, 3.8) is 0 Å². The van der Waals surface area contributed by atoms with Crippen LogP contribution in [0.25, 0.3) is 10.9 Å². The third kappa shape index (κ3) is 2.85. The highest BCUT2D eigenvalue weighted by atomic mass is 16.2. The van der Waals surface area contributed by atoms with Gasteiger partial charge in [0.05, 0.1) is 17.4 Å². The van der Waals surface area contributed by atoms with Crippen LogP contribution in [0.15, 0.2) is 42.7 Å². The van der Waals surface area contributed by atoms with Crippen LogP contribution in [-0.4, -0.2) is 20.9 Å². The van der Waals surface area contributed by atoms with E-state index in [9.17, 15) is 4.79 Å². The Labute approximate surface area is 127 Å². The summed E-state index contributed by atoms with van der Waals surface area (Å²) in [4.78, 5) is 24.5. The molecule has 6 nitrogen and oxygen atoms in total. The highest BCUT2D eigenvalue weighted by molar-refractivity contribution is 5.93. The molecule has 0 radical (unpaired) electrons. The third-order valence-corrected chi connectivity index (χ3v) is 3.21. The molecule has 0 saturated heterocycles. The maximum atomic E-state index is 12.0. The van der Waals surface area contributed by atoms with Gasteiger partial charge in [0, 0.05) is 11.6 Å². The Kier molecular flexibility index (Phi) is 3.65. The molecular weight excluding hydrogens is 278 g/mol. The van der Waals surface area contributed by atoms with Crippen molar-refractivity contribution in [3.05, 3.63) is 59.7 Å². The number of aromatic nitrogens is 3. The van der Waals surface area contributed by atoms with E-state index in [0.29, 0.717) is 11.5 Å². The number of hydrogen-bond acceptors (Lipinski definition) is 5. The van der Waals surface area contributed by atoms with Gasteiger partial charge in [-0.05, 0) is 31.5 Å². The average molecular weight is 293 g/mol.